The molecule has 4 heterocycles. The lowest BCUT2D eigenvalue weighted by Gasteiger charge is -2.29. The van der Waals surface area contributed by atoms with Crippen LogP contribution < -0.4 is 0 Å². The molecule has 3 aromatic heterocycles. The molecule has 0 radical (unpaired) electrons. The second-order valence-electron chi connectivity index (χ2n) is 6.09. The Balaban J connectivity index is 1.57. The number of piperidine rings is 1. The SMILES string of the molecule is O=C([C@H](CF)Sc1ccc2nnc(-c3cccs3)n2n1)N1CCCCC1. The molecule has 0 N–H and O–H groups in total. The lowest BCUT2D eigenvalue weighted by molar-refractivity contribution is -0.131. The normalized spacial score (nSPS) is 16.1. The van der Waals surface area contributed by atoms with Crippen LogP contribution in [-0.2, 0) is 4.79 Å². The zero-order valence-electron chi connectivity index (χ0n) is 14.0. The number of rotatable bonds is 5. The third-order valence-electron chi connectivity index (χ3n) is 4.33. The van der Waals surface area contributed by atoms with Crippen molar-refractivity contribution in [3.8, 4) is 10.7 Å². The summed E-state index contributed by atoms with van der Waals surface area (Å²) in [5.41, 5.74) is 0.622. The summed E-state index contributed by atoms with van der Waals surface area (Å²) in [4.78, 5) is 15.3. The van der Waals surface area contributed by atoms with Crippen LogP contribution in [-0.4, -0.2) is 55.6 Å². The van der Waals surface area contributed by atoms with E-state index in [1.807, 2.05) is 17.5 Å². The number of halogens is 1. The molecule has 1 aliphatic heterocycles. The molecule has 136 valence electrons. The molecule has 4 rings (SSSR count). The molecule has 0 bridgehead atoms. The second kappa shape index (κ2) is 7.71. The van der Waals surface area contributed by atoms with Crippen LogP contribution in [0.4, 0.5) is 4.39 Å². The number of amides is 1. The van der Waals surface area contributed by atoms with Crippen molar-refractivity contribution in [2.24, 2.45) is 0 Å². The lowest BCUT2D eigenvalue weighted by Crippen LogP contribution is -2.41. The summed E-state index contributed by atoms with van der Waals surface area (Å²) in [5.74, 6) is 0.512. The van der Waals surface area contributed by atoms with Crippen molar-refractivity contribution in [1.82, 2.24) is 24.7 Å². The summed E-state index contributed by atoms with van der Waals surface area (Å²) in [6, 6.07) is 7.45. The van der Waals surface area contributed by atoms with Crippen LogP contribution in [0.5, 0.6) is 0 Å². The smallest absolute Gasteiger partial charge is 0.238 e. The van der Waals surface area contributed by atoms with E-state index < -0.39 is 11.9 Å². The van der Waals surface area contributed by atoms with Crippen molar-refractivity contribution in [2.75, 3.05) is 19.8 Å². The van der Waals surface area contributed by atoms with Crippen molar-refractivity contribution in [3.05, 3.63) is 29.6 Å². The molecular weight excluding hydrogens is 373 g/mol. The number of likely N-dealkylation sites (tertiary alicyclic amines) is 1. The Morgan fingerprint density at radius 3 is 2.81 bits per heavy atom. The molecule has 0 spiro atoms. The van der Waals surface area contributed by atoms with Gasteiger partial charge in [0.1, 0.15) is 17.0 Å². The molecular formula is C17H18FN5OS2. The molecule has 1 amide bonds. The van der Waals surface area contributed by atoms with E-state index in [1.165, 1.54) is 0 Å². The number of thioether (sulfide) groups is 1. The molecule has 6 nitrogen and oxygen atoms in total. The van der Waals surface area contributed by atoms with Crippen LogP contribution in [0.1, 0.15) is 19.3 Å². The van der Waals surface area contributed by atoms with Gasteiger partial charge in [-0.2, -0.15) is 9.61 Å². The van der Waals surface area contributed by atoms with Crippen molar-refractivity contribution < 1.29 is 9.18 Å². The van der Waals surface area contributed by atoms with Crippen LogP contribution in [0.25, 0.3) is 16.3 Å². The third-order valence-corrected chi connectivity index (χ3v) is 6.26. The number of fused-ring (bicyclic) bond motifs is 1. The molecule has 1 aliphatic rings. The van der Waals surface area contributed by atoms with Gasteiger partial charge in [0.05, 0.1) is 4.88 Å². The highest BCUT2D eigenvalue weighted by molar-refractivity contribution is 8.00. The quantitative estimate of drug-likeness (QED) is 0.625. The Morgan fingerprint density at radius 1 is 1.23 bits per heavy atom. The van der Waals surface area contributed by atoms with E-state index >= 15 is 0 Å². The molecule has 1 saturated heterocycles. The van der Waals surface area contributed by atoms with E-state index in [2.05, 4.69) is 15.3 Å². The molecule has 0 saturated carbocycles. The van der Waals surface area contributed by atoms with Crippen molar-refractivity contribution in [3.63, 3.8) is 0 Å². The highest BCUT2D eigenvalue weighted by Crippen LogP contribution is 2.27. The Kier molecular flexibility index (Phi) is 5.16. The number of hydrogen-bond donors (Lipinski definition) is 0. The zero-order chi connectivity index (χ0) is 17.9. The molecule has 1 atom stereocenters. The minimum Gasteiger partial charge on any atom is -0.342 e. The van der Waals surface area contributed by atoms with E-state index in [0.717, 1.165) is 49.0 Å². The topological polar surface area (TPSA) is 63.4 Å². The van der Waals surface area contributed by atoms with Crippen LogP contribution >= 0.6 is 23.1 Å². The van der Waals surface area contributed by atoms with Crippen LogP contribution in [0.15, 0.2) is 34.7 Å². The predicted octanol–water partition coefficient (Wildman–Crippen LogP) is 3.30. The fourth-order valence-corrected chi connectivity index (χ4v) is 4.58. The molecule has 9 heteroatoms. The minimum absolute atomic E-state index is 0.138. The first-order valence-corrected chi connectivity index (χ1v) is 10.3. The molecule has 0 aliphatic carbocycles. The Hall–Kier alpha value is -2.00. The van der Waals surface area contributed by atoms with Gasteiger partial charge >= 0.3 is 0 Å². The van der Waals surface area contributed by atoms with Crippen LogP contribution in [0, 0.1) is 0 Å². The summed E-state index contributed by atoms with van der Waals surface area (Å²) in [7, 11) is 0. The average molecular weight is 391 g/mol. The van der Waals surface area contributed by atoms with Crippen molar-refractivity contribution >= 4 is 34.7 Å². The summed E-state index contributed by atoms with van der Waals surface area (Å²) in [5, 5.41) is 14.6. The number of aromatic nitrogens is 4. The highest BCUT2D eigenvalue weighted by atomic mass is 32.2. The van der Waals surface area contributed by atoms with Crippen molar-refractivity contribution in [2.45, 2.75) is 29.5 Å². The second-order valence-corrected chi connectivity index (χ2v) is 8.26. The molecule has 3 aromatic rings. The highest BCUT2D eigenvalue weighted by Gasteiger charge is 2.27. The van der Waals surface area contributed by atoms with E-state index in [0.29, 0.717) is 16.5 Å². The number of carbonyl (C=O) groups excluding carboxylic acids is 1. The maximum absolute atomic E-state index is 13.6. The van der Waals surface area contributed by atoms with Crippen molar-refractivity contribution in [1.29, 1.82) is 0 Å². The van der Waals surface area contributed by atoms with Gasteiger partial charge in [0.2, 0.25) is 5.91 Å². The molecule has 0 unspecified atom stereocenters. The molecule has 0 aromatic carbocycles. The summed E-state index contributed by atoms with van der Waals surface area (Å²) >= 11 is 2.72. The monoisotopic (exact) mass is 391 g/mol. The number of alkyl halides is 1. The van der Waals surface area contributed by atoms with E-state index in [-0.39, 0.29) is 5.91 Å². The van der Waals surface area contributed by atoms with Gasteiger partial charge in [-0.25, -0.2) is 4.39 Å². The van der Waals surface area contributed by atoms with Gasteiger partial charge in [0.15, 0.2) is 11.5 Å². The number of hydrogen-bond acceptors (Lipinski definition) is 6. The number of carbonyl (C=O) groups is 1. The summed E-state index contributed by atoms with van der Waals surface area (Å²) < 4.78 is 15.2. The van der Waals surface area contributed by atoms with E-state index in [1.54, 1.807) is 32.9 Å². The van der Waals surface area contributed by atoms with Gasteiger partial charge in [-0.3, -0.25) is 4.79 Å². The van der Waals surface area contributed by atoms with E-state index in [9.17, 15) is 9.18 Å². The standard InChI is InChI=1S/C17H18FN5OS2/c18-11-13(17(24)22-8-2-1-3-9-22)26-15-7-6-14-19-20-16(23(14)21-15)12-5-4-10-25-12/h4-7,10,13H,1-3,8-9,11H2/t13-/m0/s1. The largest absolute Gasteiger partial charge is 0.342 e. The van der Waals surface area contributed by atoms with Gasteiger partial charge in [0, 0.05) is 13.1 Å². The maximum Gasteiger partial charge on any atom is 0.238 e. The molecule has 26 heavy (non-hydrogen) atoms. The van der Waals surface area contributed by atoms with Gasteiger partial charge in [0.25, 0.3) is 0 Å². The first-order chi connectivity index (χ1) is 12.8. The maximum atomic E-state index is 13.6. The van der Waals surface area contributed by atoms with Crippen LogP contribution in [0.2, 0.25) is 0 Å². The zero-order valence-corrected chi connectivity index (χ0v) is 15.7. The summed E-state index contributed by atoms with van der Waals surface area (Å²) in [6.45, 7) is 0.728. The first-order valence-electron chi connectivity index (χ1n) is 8.54. The van der Waals surface area contributed by atoms with Gasteiger partial charge in [-0.05, 0) is 42.8 Å². The van der Waals surface area contributed by atoms with E-state index in [4.69, 9.17) is 0 Å². The van der Waals surface area contributed by atoms with Gasteiger partial charge in [-0.15, -0.1) is 21.5 Å². The van der Waals surface area contributed by atoms with Crippen LogP contribution in [0.3, 0.4) is 0 Å². The van der Waals surface area contributed by atoms with Gasteiger partial charge < -0.3 is 4.90 Å². The van der Waals surface area contributed by atoms with Gasteiger partial charge in [-0.1, -0.05) is 17.8 Å². The number of thiophene rings is 1. The Labute approximate surface area is 158 Å². The predicted molar refractivity (Wildman–Crippen MR) is 100 cm³/mol. The lowest BCUT2D eigenvalue weighted by atomic mass is 10.1. The average Bonchev–Trinajstić information content (AvgIpc) is 3.35. The fraction of sp³-hybridized carbons (Fsp3) is 0.412. The third kappa shape index (κ3) is 3.45. The Bertz CT molecular complexity index is 892. The first kappa shape index (κ1) is 17.4. The number of nitrogens with zero attached hydrogens (tertiary/aromatic N) is 5. The fourth-order valence-electron chi connectivity index (χ4n) is 3.01. The Morgan fingerprint density at radius 2 is 2.08 bits per heavy atom. The molecule has 1 fully saturated rings. The summed E-state index contributed by atoms with van der Waals surface area (Å²) in [6.07, 6.45) is 3.11. The minimum atomic E-state index is -0.764.